The Morgan fingerprint density at radius 3 is 2.56 bits per heavy atom. The van der Waals surface area contributed by atoms with Gasteiger partial charge in [0.1, 0.15) is 5.82 Å². The lowest BCUT2D eigenvalue weighted by Crippen LogP contribution is -2.32. The molecule has 1 aromatic heterocycles. The third kappa shape index (κ3) is 4.62. The van der Waals surface area contributed by atoms with Crippen LogP contribution in [-0.2, 0) is 0 Å². The van der Waals surface area contributed by atoms with Crippen LogP contribution in [0.3, 0.4) is 0 Å². The maximum atomic E-state index is 4.39. The zero-order chi connectivity index (χ0) is 11.8. The molecule has 1 rings (SSSR count). The first-order valence-corrected chi connectivity index (χ1v) is 6.17. The highest BCUT2D eigenvalue weighted by Gasteiger charge is 2.00. The lowest BCUT2D eigenvalue weighted by Gasteiger charge is -2.14. The van der Waals surface area contributed by atoms with E-state index in [1.54, 1.807) is 0 Å². The van der Waals surface area contributed by atoms with Crippen molar-refractivity contribution in [1.82, 2.24) is 10.3 Å². The molecule has 0 spiro atoms. The molecule has 0 radical (unpaired) electrons. The zero-order valence-electron chi connectivity index (χ0n) is 10.6. The molecule has 2 N–H and O–H groups in total. The predicted octanol–water partition coefficient (Wildman–Crippen LogP) is 2.58. The normalized spacial score (nSPS) is 10.8. The van der Waals surface area contributed by atoms with Gasteiger partial charge in [-0.25, -0.2) is 4.98 Å². The van der Waals surface area contributed by atoms with Gasteiger partial charge in [0.2, 0.25) is 0 Å². The van der Waals surface area contributed by atoms with Crippen LogP contribution in [0, 0.1) is 6.92 Å². The van der Waals surface area contributed by atoms with E-state index in [0.717, 1.165) is 24.6 Å². The summed E-state index contributed by atoms with van der Waals surface area (Å²) in [5.74, 6) is 0.964. The summed E-state index contributed by atoms with van der Waals surface area (Å²) in [6.07, 6.45) is 2.39. The summed E-state index contributed by atoms with van der Waals surface area (Å²) in [4.78, 5) is 4.39. The average molecular weight is 221 g/mol. The van der Waals surface area contributed by atoms with Gasteiger partial charge in [-0.2, -0.15) is 0 Å². The Hall–Kier alpha value is -1.09. The van der Waals surface area contributed by atoms with Crippen molar-refractivity contribution >= 4 is 5.82 Å². The van der Waals surface area contributed by atoms with E-state index < -0.39 is 0 Å². The van der Waals surface area contributed by atoms with Crippen molar-refractivity contribution in [2.75, 3.05) is 18.4 Å². The number of rotatable bonds is 7. The summed E-state index contributed by atoms with van der Waals surface area (Å²) in [5, 5.41) is 6.83. The maximum absolute atomic E-state index is 4.39. The molecule has 0 bridgehead atoms. The highest BCUT2D eigenvalue weighted by atomic mass is 15.0. The van der Waals surface area contributed by atoms with Crippen molar-refractivity contribution in [1.29, 1.82) is 0 Å². The van der Waals surface area contributed by atoms with Crippen LogP contribution in [-0.4, -0.2) is 24.1 Å². The molecule has 0 aliphatic rings. The van der Waals surface area contributed by atoms with Crippen LogP contribution >= 0.6 is 0 Å². The molecule has 90 valence electrons. The molecule has 0 aliphatic carbocycles. The van der Waals surface area contributed by atoms with E-state index in [1.807, 2.05) is 25.1 Å². The number of hydrogen-bond donors (Lipinski definition) is 2. The van der Waals surface area contributed by atoms with Crippen LogP contribution < -0.4 is 10.6 Å². The summed E-state index contributed by atoms with van der Waals surface area (Å²) in [6.45, 7) is 8.36. The molecular formula is C13H23N3. The Morgan fingerprint density at radius 1 is 1.19 bits per heavy atom. The number of pyridine rings is 1. The standard InChI is InChI=1S/C13H23N3/c1-4-12(5-2)14-9-10-15-13-8-6-7-11(3)16-13/h6-8,12,14H,4-5,9-10H2,1-3H3,(H,15,16). The van der Waals surface area contributed by atoms with Crippen molar-refractivity contribution in [3.63, 3.8) is 0 Å². The largest absolute Gasteiger partial charge is 0.369 e. The smallest absolute Gasteiger partial charge is 0.126 e. The van der Waals surface area contributed by atoms with E-state index in [2.05, 4.69) is 29.5 Å². The van der Waals surface area contributed by atoms with E-state index >= 15 is 0 Å². The number of aryl methyl sites for hydroxylation is 1. The summed E-state index contributed by atoms with van der Waals surface area (Å²) in [5.41, 5.74) is 1.05. The van der Waals surface area contributed by atoms with Crippen molar-refractivity contribution in [3.8, 4) is 0 Å². The van der Waals surface area contributed by atoms with Gasteiger partial charge in [-0.15, -0.1) is 0 Å². The fourth-order valence-corrected chi connectivity index (χ4v) is 1.69. The van der Waals surface area contributed by atoms with Gasteiger partial charge in [0.15, 0.2) is 0 Å². The number of anilines is 1. The Labute approximate surface area is 98.7 Å². The molecule has 0 saturated carbocycles. The minimum atomic E-state index is 0.646. The topological polar surface area (TPSA) is 37.0 Å². The van der Waals surface area contributed by atoms with E-state index in [9.17, 15) is 0 Å². The molecule has 0 atom stereocenters. The third-order valence-electron chi connectivity index (χ3n) is 2.74. The highest BCUT2D eigenvalue weighted by Crippen LogP contribution is 2.02. The molecule has 3 nitrogen and oxygen atoms in total. The molecule has 0 aromatic carbocycles. The van der Waals surface area contributed by atoms with Gasteiger partial charge in [-0.1, -0.05) is 19.9 Å². The van der Waals surface area contributed by atoms with Crippen molar-refractivity contribution in [2.45, 2.75) is 39.7 Å². The second-order valence-corrected chi connectivity index (χ2v) is 4.06. The first-order valence-electron chi connectivity index (χ1n) is 6.17. The monoisotopic (exact) mass is 221 g/mol. The van der Waals surface area contributed by atoms with Gasteiger partial charge in [0.05, 0.1) is 0 Å². The van der Waals surface area contributed by atoms with Crippen LogP contribution in [0.1, 0.15) is 32.4 Å². The SMILES string of the molecule is CCC(CC)NCCNc1cccc(C)n1. The number of hydrogen-bond acceptors (Lipinski definition) is 3. The summed E-state index contributed by atoms with van der Waals surface area (Å²) in [7, 11) is 0. The number of nitrogens with one attached hydrogen (secondary N) is 2. The minimum absolute atomic E-state index is 0.646. The van der Waals surface area contributed by atoms with E-state index in [0.29, 0.717) is 6.04 Å². The van der Waals surface area contributed by atoms with Crippen LogP contribution in [0.5, 0.6) is 0 Å². The lowest BCUT2D eigenvalue weighted by molar-refractivity contribution is 0.494. The molecule has 3 heteroatoms. The second-order valence-electron chi connectivity index (χ2n) is 4.06. The predicted molar refractivity (Wildman–Crippen MR) is 69.8 cm³/mol. The van der Waals surface area contributed by atoms with Gasteiger partial charge in [0, 0.05) is 24.8 Å². The molecule has 1 aromatic rings. The quantitative estimate of drug-likeness (QED) is 0.695. The third-order valence-corrected chi connectivity index (χ3v) is 2.74. The molecule has 0 aliphatic heterocycles. The second kappa shape index (κ2) is 7.23. The van der Waals surface area contributed by atoms with E-state index in [4.69, 9.17) is 0 Å². The van der Waals surface area contributed by atoms with Crippen molar-refractivity contribution in [3.05, 3.63) is 23.9 Å². The number of nitrogens with zero attached hydrogens (tertiary/aromatic N) is 1. The van der Waals surface area contributed by atoms with Crippen LogP contribution in [0.2, 0.25) is 0 Å². The molecular weight excluding hydrogens is 198 g/mol. The summed E-state index contributed by atoms with van der Waals surface area (Å²) >= 11 is 0. The van der Waals surface area contributed by atoms with Gasteiger partial charge in [0.25, 0.3) is 0 Å². The average Bonchev–Trinajstić information content (AvgIpc) is 2.29. The minimum Gasteiger partial charge on any atom is -0.369 e. The first-order chi connectivity index (χ1) is 7.76. The lowest BCUT2D eigenvalue weighted by atomic mass is 10.2. The Morgan fingerprint density at radius 2 is 1.94 bits per heavy atom. The van der Waals surface area contributed by atoms with Crippen LogP contribution in [0.15, 0.2) is 18.2 Å². The molecule has 0 unspecified atom stereocenters. The first kappa shape index (κ1) is 13.0. The summed E-state index contributed by atoms with van der Waals surface area (Å²) < 4.78 is 0. The fourth-order valence-electron chi connectivity index (χ4n) is 1.69. The maximum Gasteiger partial charge on any atom is 0.126 e. The van der Waals surface area contributed by atoms with Crippen LogP contribution in [0.25, 0.3) is 0 Å². The number of aromatic nitrogens is 1. The highest BCUT2D eigenvalue weighted by molar-refractivity contribution is 5.34. The Bertz CT molecular complexity index is 295. The molecule has 16 heavy (non-hydrogen) atoms. The zero-order valence-corrected chi connectivity index (χ0v) is 10.6. The Balaban J connectivity index is 2.20. The van der Waals surface area contributed by atoms with Crippen molar-refractivity contribution < 1.29 is 0 Å². The molecule has 1 heterocycles. The molecule has 0 amide bonds. The molecule has 0 saturated heterocycles. The van der Waals surface area contributed by atoms with Gasteiger partial charge < -0.3 is 10.6 Å². The van der Waals surface area contributed by atoms with E-state index in [1.165, 1.54) is 12.8 Å². The van der Waals surface area contributed by atoms with Gasteiger partial charge in [-0.3, -0.25) is 0 Å². The fraction of sp³-hybridized carbons (Fsp3) is 0.615. The Kier molecular flexibility index (Phi) is 5.86. The van der Waals surface area contributed by atoms with Crippen LogP contribution in [0.4, 0.5) is 5.82 Å². The van der Waals surface area contributed by atoms with Gasteiger partial charge >= 0.3 is 0 Å². The van der Waals surface area contributed by atoms with E-state index in [-0.39, 0.29) is 0 Å². The van der Waals surface area contributed by atoms with Crippen molar-refractivity contribution in [2.24, 2.45) is 0 Å². The summed E-state index contributed by atoms with van der Waals surface area (Å²) in [6, 6.07) is 6.68. The van der Waals surface area contributed by atoms with Gasteiger partial charge in [-0.05, 0) is 31.9 Å². The molecule has 0 fully saturated rings.